The lowest BCUT2D eigenvalue weighted by atomic mass is 10.2. The molecule has 1 aliphatic rings. The lowest BCUT2D eigenvalue weighted by molar-refractivity contribution is -0.495. The molecule has 2 aromatic carbocycles. The van der Waals surface area contributed by atoms with E-state index in [9.17, 15) is 9.90 Å². The van der Waals surface area contributed by atoms with Crippen LogP contribution >= 0.6 is 0 Å². The highest BCUT2D eigenvalue weighted by Gasteiger charge is 2.44. The summed E-state index contributed by atoms with van der Waals surface area (Å²) in [7, 11) is 3.33. The fourth-order valence-corrected chi connectivity index (χ4v) is 2.75. The third-order valence-electron chi connectivity index (χ3n) is 4.23. The van der Waals surface area contributed by atoms with Gasteiger partial charge in [0.1, 0.15) is 5.69 Å². The number of rotatable bonds is 4. The maximum absolute atomic E-state index is 12.8. The van der Waals surface area contributed by atoms with E-state index >= 15 is 0 Å². The molecule has 128 valence electrons. The van der Waals surface area contributed by atoms with Crippen molar-refractivity contribution in [1.29, 1.82) is 0 Å². The molecule has 2 aromatic rings. The van der Waals surface area contributed by atoms with Crippen molar-refractivity contribution < 1.29 is 19.3 Å². The van der Waals surface area contributed by atoms with Crippen molar-refractivity contribution in [3.63, 3.8) is 0 Å². The summed E-state index contributed by atoms with van der Waals surface area (Å²) in [5, 5.41) is 11.3. The van der Waals surface area contributed by atoms with Gasteiger partial charge in [-0.3, -0.25) is 9.79 Å². The van der Waals surface area contributed by atoms with E-state index in [1.165, 1.54) is 13.2 Å². The van der Waals surface area contributed by atoms with Crippen LogP contribution in [0.5, 0.6) is 11.5 Å². The lowest BCUT2D eigenvalue weighted by Gasteiger charge is -2.10. The van der Waals surface area contributed by atoms with Gasteiger partial charge in [0.25, 0.3) is 0 Å². The number of phenols is 1. The van der Waals surface area contributed by atoms with Gasteiger partial charge in [0.2, 0.25) is 11.8 Å². The quantitative estimate of drug-likeness (QED) is 0.687. The van der Waals surface area contributed by atoms with Crippen LogP contribution in [-0.4, -0.2) is 47.8 Å². The van der Waals surface area contributed by atoms with Gasteiger partial charge < -0.3 is 9.84 Å². The summed E-state index contributed by atoms with van der Waals surface area (Å²) in [6, 6.07) is 13.8. The van der Waals surface area contributed by atoms with Gasteiger partial charge in [0.15, 0.2) is 18.5 Å². The number of hydrazine groups is 1. The van der Waals surface area contributed by atoms with Crippen LogP contribution in [0.2, 0.25) is 0 Å². The monoisotopic (exact) mass is 338 g/mol. The van der Waals surface area contributed by atoms with Crippen molar-refractivity contribution in [2.45, 2.75) is 13.0 Å². The number of hydrogen-bond donors (Lipinski definition) is 1. The largest absolute Gasteiger partial charge is 0.504 e. The number of benzene rings is 2. The second-order valence-corrected chi connectivity index (χ2v) is 5.76. The minimum absolute atomic E-state index is 0.0642. The third-order valence-corrected chi connectivity index (χ3v) is 4.23. The van der Waals surface area contributed by atoms with Crippen molar-refractivity contribution in [1.82, 2.24) is 0 Å². The van der Waals surface area contributed by atoms with Crippen molar-refractivity contribution in [3.05, 3.63) is 54.1 Å². The predicted molar refractivity (Wildman–Crippen MR) is 96.8 cm³/mol. The van der Waals surface area contributed by atoms with Gasteiger partial charge >= 0.3 is 5.91 Å². The molecule has 0 unspecified atom stereocenters. The standard InChI is InChI=1S/C19H19N3O3/c1-13-18(20-12-14-9-10-16(23)17(11-14)25-3)19(24)22(21(13)2)15-7-5-4-6-8-15/h4-12,18H,1-3H3/p+1/t18-/m1/s1. The SMILES string of the molecule is COc1cc(C=N[C@H]2C(=O)N(c3ccccc3)[N+](C)=C2C)ccc1O. The van der Waals surface area contributed by atoms with E-state index in [1.54, 1.807) is 23.4 Å². The topological polar surface area (TPSA) is 65.1 Å². The molecule has 1 N–H and O–H groups in total. The van der Waals surface area contributed by atoms with Crippen LogP contribution in [0.1, 0.15) is 12.5 Å². The van der Waals surface area contributed by atoms with Gasteiger partial charge in [-0.25, -0.2) is 0 Å². The van der Waals surface area contributed by atoms with Crippen LogP contribution in [0.15, 0.2) is 53.5 Å². The summed E-state index contributed by atoms with van der Waals surface area (Å²) in [4.78, 5) is 17.3. The molecule has 1 aliphatic heterocycles. The number of carbonyl (C=O) groups excluding carboxylic acids is 1. The van der Waals surface area contributed by atoms with E-state index in [0.29, 0.717) is 5.75 Å². The summed E-state index contributed by atoms with van der Waals surface area (Å²) in [5.74, 6) is 0.327. The predicted octanol–water partition coefficient (Wildman–Crippen LogP) is 2.25. The average molecular weight is 338 g/mol. The Morgan fingerprint density at radius 2 is 1.96 bits per heavy atom. The highest BCUT2D eigenvalue weighted by atomic mass is 16.5. The first-order valence-corrected chi connectivity index (χ1v) is 7.89. The van der Waals surface area contributed by atoms with Gasteiger partial charge in [0, 0.05) is 13.1 Å². The number of hydrazone groups is 1. The molecular weight excluding hydrogens is 318 g/mol. The Morgan fingerprint density at radius 3 is 2.64 bits per heavy atom. The Hall–Kier alpha value is -3.15. The summed E-state index contributed by atoms with van der Waals surface area (Å²) >= 11 is 0. The Balaban J connectivity index is 1.87. The molecule has 25 heavy (non-hydrogen) atoms. The number of phenolic OH excluding ortho intramolecular Hbond substituents is 1. The smallest absolute Gasteiger partial charge is 0.318 e. The van der Waals surface area contributed by atoms with Crippen LogP contribution < -0.4 is 9.75 Å². The molecule has 1 atom stereocenters. The second-order valence-electron chi connectivity index (χ2n) is 5.76. The zero-order valence-electron chi connectivity index (χ0n) is 14.4. The highest BCUT2D eigenvalue weighted by Crippen LogP contribution is 2.26. The first kappa shape index (κ1) is 16.7. The maximum atomic E-state index is 12.8. The third kappa shape index (κ3) is 3.10. The zero-order valence-corrected chi connectivity index (χ0v) is 14.4. The molecule has 6 heteroatoms. The number of hydrogen-bond acceptors (Lipinski definition) is 4. The number of para-hydroxylation sites is 1. The molecule has 0 saturated carbocycles. The number of carbonyl (C=O) groups is 1. The van der Waals surface area contributed by atoms with E-state index in [4.69, 9.17) is 4.74 Å². The van der Waals surface area contributed by atoms with Gasteiger partial charge in [0.05, 0.1) is 7.11 Å². The van der Waals surface area contributed by atoms with E-state index in [-0.39, 0.29) is 11.7 Å². The number of anilines is 1. The Morgan fingerprint density at radius 1 is 1.24 bits per heavy atom. The Kier molecular flexibility index (Phi) is 4.52. The van der Waals surface area contributed by atoms with Crippen molar-refractivity contribution >= 4 is 23.5 Å². The van der Waals surface area contributed by atoms with Crippen molar-refractivity contribution in [2.24, 2.45) is 4.99 Å². The van der Waals surface area contributed by atoms with Crippen LogP contribution in [-0.2, 0) is 4.79 Å². The van der Waals surface area contributed by atoms with E-state index in [1.807, 2.05) is 49.0 Å². The number of methoxy groups -OCH3 is 1. The maximum Gasteiger partial charge on any atom is 0.318 e. The Labute approximate surface area is 146 Å². The first-order valence-electron chi connectivity index (χ1n) is 7.89. The minimum Gasteiger partial charge on any atom is -0.504 e. The molecule has 6 nitrogen and oxygen atoms in total. The van der Waals surface area contributed by atoms with Crippen molar-refractivity contribution in [2.75, 3.05) is 19.2 Å². The highest BCUT2D eigenvalue weighted by molar-refractivity contribution is 6.15. The molecule has 0 bridgehead atoms. The normalized spacial score (nSPS) is 17.6. The summed E-state index contributed by atoms with van der Waals surface area (Å²) in [6.45, 7) is 1.89. The number of aliphatic imine (C=N–C) groups is 1. The lowest BCUT2D eigenvalue weighted by Crippen LogP contribution is -2.35. The average Bonchev–Trinajstić information content (AvgIpc) is 2.84. The molecule has 0 radical (unpaired) electrons. The minimum atomic E-state index is -0.579. The molecule has 3 rings (SSSR count). The molecular formula is C19H20N3O3+. The van der Waals surface area contributed by atoms with Crippen LogP contribution in [0.4, 0.5) is 5.69 Å². The Bertz CT molecular complexity index is 859. The number of aromatic hydroxyl groups is 1. The van der Waals surface area contributed by atoms with Gasteiger partial charge in [-0.05, 0) is 35.9 Å². The van der Waals surface area contributed by atoms with Crippen LogP contribution in [0.25, 0.3) is 0 Å². The molecule has 0 aliphatic carbocycles. The number of ether oxygens (including phenoxy) is 1. The fourth-order valence-electron chi connectivity index (χ4n) is 2.75. The van der Waals surface area contributed by atoms with E-state index < -0.39 is 6.04 Å². The molecule has 0 spiro atoms. The molecule has 0 saturated heterocycles. The van der Waals surface area contributed by atoms with Crippen molar-refractivity contribution in [3.8, 4) is 11.5 Å². The van der Waals surface area contributed by atoms with Crippen LogP contribution in [0.3, 0.4) is 0 Å². The fraction of sp³-hybridized carbons (Fsp3) is 0.211. The molecule has 1 amide bonds. The molecule has 0 aromatic heterocycles. The van der Waals surface area contributed by atoms with E-state index in [2.05, 4.69) is 4.99 Å². The van der Waals surface area contributed by atoms with E-state index in [0.717, 1.165) is 17.0 Å². The number of nitrogens with zero attached hydrogens (tertiary/aromatic N) is 3. The molecule has 1 heterocycles. The zero-order chi connectivity index (χ0) is 18.0. The summed E-state index contributed by atoms with van der Waals surface area (Å²) in [6.07, 6.45) is 1.62. The first-order chi connectivity index (χ1) is 12.0. The summed E-state index contributed by atoms with van der Waals surface area (Å²) in [5.41, 5.74) is 2.39. The van der Waals surface area contributed by atoms with Gasteiger partial charge in [-0.1, -0.05) is 23.2 Å². The van der Waals surface area contributed by atoms with Crippen LogP contribution in [0, 0.1) is 0 Å². The second kappa shape index (κ2) is 6.76. The van der Waals surface area contributed by atoms with Gasteiger partial charge in [-0.15, -0.1) is 4.68 Å². The molecule has 0 fully saturated rings. The summed E-state index contributed by atoms with van der Waals surface area (Å²) < 4.78 is 6.91. The number of amides is 1. The van der Waals surface area contributed by atoms with Gasteiger partial charge in [-0.2, -0.15) is 0 Å².